The Morgan fingerprint density at radius 3 is 2.29 bits per heavy atom. The summed E-state index contributed by atoms with van der Waals surface area (Å²) in [6.07, 6.45) is 4.03. The van der Waals surface area contributed by atoms with Crippen molar-refractivity contribution in [2.24, 2.45) is 0 Å². The number of methoxy groups -OCH3 is 2. The predicted molar refractivity (Wildman–Crippen MR) is 75.6 cm³/mol. The lowest BCUT2D eigenvalue weighted by Gasteiger charge is -2.24. The molecule has 1 aromatic rings. The number of carbonyl (C=O) groups is 1. The van der Waals surface area contributed by atoms with Crippen LogP contribution in [0.5, 0.6) is 11.5 Å². The van der Waals surface area contributed by atoms with Gasteiger partial charge in [-0.1, -0.05) is 12.2 Å². The number of rotatable bonds is 3. The van der Waals surface area contributed by atoms with Crippen LogP contribution < -0.4 is 9.47 Å². The van der Waals surface area contributed by atoms with Crippen LogP contribution in [0.25, 0.3) is 6.08 Å². The molecule has 0 spiro atoms. The minimum atomic E-state index is -0.732. The second-order valence-electron chi connectivity index (χ2n) is 4.30. The topological polar surface area (TPSA) is 83.1 Å². The molecule has 0 fully saturated rings. The summed E-state index contributed by atoms with van der Waals surface area (Å²) in [6.45, 7) is 0. The molecule has 5 nitrogen and oxygen atoms in total. The van der Waals surface area contributed by atoms with E-state index in [0.29, 0.717) is 34.5 Å². The van der Waals surface area contributed by atoms with Crippen molar-refractivity contribution >= 4 is 12.4 Å². The lowest BCUT2D eigenvalue weighted by atomic mass is 9.81. The van der Waals surface area contributed by atoms with E-state index in [9.17, 15) is 4.79 Å². The first-order chi connectivity index (χ1) is 10.2. The molecule has 104 valence electrons. The van der Waals surface area contributed by atoms with E-state index in [4.69, 9.17) is 20.0 Å². The van der Waals surface area contributed by atoms with Crippen molar-refractivity contribution in [3.63, 3.8) is 0 Å². The number of hydrogen-bond donors (Lipinski definition) is 0. The first kappa shape index (κ1) is 14.4. The molecule has 5 heteroatoms. The third kappa shape index (κ3) is 2.26. The van der Waals surface area contributed by atoms with Crippen molar-refractivity contribution < 1.29 is 14.3 Å². The van der Waals surface area contributed by atoms with Crippen LogP contribution in [0.3, 0.4) is 0 Å². The number of aldehydes is 1. The van der Waals surface area contributed by atoms with E-state index in [1.165, 1.54) is 14.2 Å². The van der Waals surface area contributed by atoms with Crippen molar-refractivity contribution in [1.82, 2.24) is 0 Å². The Morgan fingerprint density at radius 2 is 1.76 bits per heavy atom. The van der Waals surface area contributed by atoms with Gasteiger partial charge in [-0.05, 0) is 17.7 Å². The molecule has 1 aliphatic carbocycles. The lowest BCUT2D eigenvalue weighted by molar-refractivity contribution is -0.108. The molecule has 1 aromatic carbocycles. The molecule has 0 N–H and O–H groups in total. The zero-order valence-corrected chi connectivity index (χ0v) is 11.6. The van der Waals surface area contributed by atoms with Crippen molar-refractivity contribution in [3.05, 3.63) is 40.5 Å². The molecule has 2 rings (SSSR count). The monoisotopic (exact) mass is 280 g/mol. The van der Waals surface area contributed by atoms with E-state index in [-0.39, 0.29) is 5.57 Å². The third-order valence-corrected chi connectivity index (χ3v) is 3.37. The summed E-state index contributed by atoms with van der Waals surface area (Å²) in [7, 11) is 3.04. The van der Waals surface area contributed by atoms with Crippen molar-refractivity contribution in [2.75, 3.05) is 14.2 Å². The standard InChI is InChI=1S/C16H12N2O3/c1-20-14-5-6-15(21-2)16-12(14)4-3-11(13(16)9-19)10(7-17)8-18/h3-6,9,13H,1-2H3. The molecule has 0 heterocycles. The number of ether oxygens (including phenoxy) is 2. The summed E-state index contributed by atoms with van der Waals surface area (Å²) >= 11 is 0. The van der Waals surface area contributed by atoms with Gasteiger partial charge in [-0.3, -0.25) is 0 Å². The highest BCUT2D eigenvalue weighted by Gasteiger charge is 2.29. The van der Waals surface area contributed by atoms with E-state index in [0.717, 1.165) is 0 Å². The number of allylic oxidation sites excluding steroid dienone is 3. The zero-order chi connectivity index (χ0) is 15.4. The van der Waals surface area contributed by atoms with E-state index in [1.54, 1.807) is 24.3 Å². The summed E-state index contributed by atoms with van der Waals surface area (Å²) in [5.41, 5.74) is 1.60. The maximum atomic E-state index is 11.6. The van der Waals surface area contributed by atoms with Crippen LogP contribution in [-0.4, -0.2) is 20.5 Å². The molecule has 0 radical (unpaired) electrons. The van der Waals surface area contributed by atoms with Crippen LogP contribution in [0.4, 0.5) is 0 Å². The highest BCUT2D eigenvalue weighted by Crippen LogP contribution is 2.43. The van der Waals surface area contributed by atoms with Gasteiger partial charge in [0.25, 0.3) is 0 Å². The fraction of sp³-hybridized carbons (Fsp3) is 0.188. The second-order valence-corrected chi connectivity index (χ2v) is 4.30. The SMILES string of the molecule is COc1ccc(OC)c2c1C=CC(=C(C#N)C#N)C2C=O. The molecule has 1 unspecified atom stereocenters. The summed E-state index contributed by atoms with van der Waals surface area (Å²) in [6, 6.07) is 7.08. The minimum Gasteiger partial charge on any atom is -0.496 e. The van der Waals surface area contributed by atoms with Crippen molar-refractivity contribution in [3.8, 4) is 23.6 Å². The van der Waals surface area contributed by atoms with Gasteiger partial charge in [0.1, 0.15) is 35.5 Å². The quantitative estimate of drug-likeness (QED) is 0.627. The van der Waals surface area contributed by atoms with Gasteiger partial charge < -0.3 is 14.3 Å². The number of fused-ring (bicyclic) bond motifs is 1. The molecule has 1 atom stereocenters. The molecule has 0 aromatic heterocycles. The Morgan fingerprint density at radius 1 is 1.14 bits per heavy atom. The highest BCUT2D eigenvalue weighted by atomic mass is 16.5. The number of nitrogens with zero attached hydrogens (tertiary/aromatic N) is 2. The average Bonchev–Trinajstić information content (AvgIpc) is 2.54. The van der Waals surface area contributed by atoms with Crippen molar-refractivity contribution in [2.45, 2.75) is 5.92 Å². The number of benzene rings is 1. The predicted octanol–water partition coefficient (Wildman–Crippen LogP) is 2.36. The molecule has 21 heavy (non-hydrogen) atoms. The fourth-order valence-electron chi connectivity index (χ4n) is 2.41. The van der Waals surface area contributed by atoms with Gasteiger partial charge in [-0.2, -0.15) is 10.5 Å². The Labute approximate surface area is 122 Å². The highest BCUT2D eigenvalue weighted by molar-refractivity contribution is 5.83. The van der Waals surface area contributed by atoms with E-state index < -0.39 is 5.92 Å². The summed E-state index contributed by atoms with van der Waals surface area (Å²) in [5.74, 6) is 0.382. The molecule has 0 aliphatic heterocycles. The molecule has 0 saturated carbocycles. The zero-order valence-electron chi connectivity index (χ0n) is 11.6. The first-order valence-corrected chi connectivity index (χ1v) is 6.14. The largest absolute Gasteiger partial charge is 0.496 e. The number of nitriles is 2. The Hall–Kier alpha value is -3.05. The van der Waals surface area contributed by atoms with Gasteiger partial charge in [0.05, 0.1) is 20.1 Å². The molecular weight excluding hydrogens is 268 g/mol. The summed E-state index contributed by atoms with van der Waals surface area (Å²) in [5, 5.41) is 18.1. The first-order valence-electron chi connectivity index (χ1n) is 6.14. The Kier molecular flexibility index (Phi) is 4.06. The maximum Gasteiger partial charge on any atom is 0.133 e. The average molecular weight is 280 g/mol. The Balaban J connectivity index is 2.80. The third-order valence-electron chi connectivity index (χ3n) is 3.37. The molecule has 0 bridgehead atoms. The maximum absolute atomic E-state index is 11.6. The van der Waals surface area contributed by atoms with Crippen LogP contribution in [-0.2, 0) is 4.79 Å². The normalized spacial score (nSPS) is 15.4. The van der Waals surface area contributed by atoms with Crippen LogP contribution >= 0.6 is 0 Å². The van der Waals surface area contributed by atoms with Crippen LogP contribution in [0.1, 0.15) is 17.0 Å². The summed E-state index contributed by atoms with van der Waals surface area (Å²) in [4.78, 5) is 11.6. The Bertz CT molecular complexity index is 717. The molecule has 0 saturated heterocycles. The van der Waals surface area contributed by atoms with Gasteiger partial charge in [0.2, 0.25) is 0 Å². The minimum absolute atomic E-state index is 0.0844. The van der Waals surface area contributed by atoms with E-state index in [2.05, 4.69) is 0 Å². The van der Waals surface area contributed by atoms with E-state index >= 15 is 0 Å². The fourth-order valence-corrected chi connectivity index (χ4v) is 2.41. The molecule has 0 amide bonds. The smallest absolute Gasteiger partial charge is 0.133 e. The van der Waals surface area contributed by atoms with Crippen LogP contribution in [0.15, 0.2) is 29.4 Å². The molecular formula is C16H12N2O3. The lowest BCUT2D eigenvalue weighted by Crippen LogP contribution is -2.12. The van der Waals surface area contributed by atoms with Crippen LogP contribution in [0.2, 0.25) is 0 Å². The summed E-state index contributed by atoms with van der Waals surface area (Å²) < 4.78 is 10.6. The number of carbonyl (C=O) groups excluding carboxylic acids is 1. The molecule has 1 aliphatic rings. The van der Waals surface area contributed by atoms with Gasteiger partial charge in [0.15, 0.2) is 0 Å². The second kappa shape index (κ2) is 5.94. The van der Waals surface area contributed by atoms with Crippen molar-refractivity contribution in [1.29, 1.82) is 10.5 Å². The van der Waals surface area contributed by atoms with E-state index in [1.807, 2.05) is 12.1 Å². The number of hydrogen-bond acceptors (Lipinski definition) is 5. The van der Waals surface area contributed by atoms with Gasteiger partial charge >= 0.3 is 0 Å². The van der Waals surface area contributed by atoms with Gasteiger partial charge in [-0.25, -0.2) is 0 Å². The van der Waals surface area contributed by atoms with Gasteiger partial charge in [-0.15, -0.1) is 0 Å². The van der Waals surface area contributed by atoms with Crippen LogP contribution in [0, 0.1) is 22.7 Å². The van der Waals surface area contributed by atoms with Gasteiger partial charge in [0, 0.05) is 11.1 Å².